The molecule has 0 bridgehead atoms. The lowest BCUT2D eigenvalue weighted by Crippen LogP contribution is -2.36. The standard InChI is InChI=1S/C13H19FN2OS/c1-9-6-11(7-10(2)12(9)14)8-16-13(18)15-4-5-17-3/h6-7H,4-5,8H2,1-3H3,(H2,15,16,18). The lowest BCUT2D eigenvalue weighted by molar-refractivity contribution is 0.204. The highest BCUT2D eigenvalue weighted by Crippen LogP contribution is 2.14. The summed E-state index contributed by atoms with van der Waals surface area (Å²) >= 11 is 5.11. The molecule has 0 spiro atoms. The van der Waals surface area contributed by atoms with Crippen molar-refractivity contribution in [3.8, 4) is 0 Å². The Morgan fingerprint density at radius 1 is 1.28 bits per heavy atom. The van der Waals surface area contributed by atoms with Crippen molar-refractivity contribution in [2.24, 2.45) is 0 Å². The number of methoxy groups -OCH3 is 1. The van der Waals surface area contributed by atoms with Crippen LogP contribution in [-0.4, -0.2) is 25.4 Å². The first kappa shape index (κ1) is 14.9. The molecule has 0 unspecified atom stereocenters. The van der Waals surface area contributed by atoms with Crippen LogP contribution in [0, 0.1) is 19.7 Å². The maximum Gasteiger partial charge on any atom is 0.166 e. The number of nitrogens with one attached hydrogen (secondary N) is 2. The van der Waals surface area contributed by atoms with Gasteiger partial charge in [-0.25, -0.2) is 4.39 Å². The van der Waals surface area contributed by atoms with Crippen LogP contribution in [0.25, 0.3) is 0 Å². The zero-order chi connectivity index (χ0) is 13.5. The summed E-state index contributed by atoms with van der Waals surface area (Å²) in [5.41, 5.74) is 2.33. The Morgan fingerprint density at radius 3 is 2.44 bits per heavy atom. The summed E-state index contributed by atoms with van der Waals surface area (Å²) in [5.74, 6) is -0.139. The van der Waals surface area contributed by atoms with E-state index in [2.05, 4.69) is 10.6 Å². The molecule has 0 fully saturated rings. The Hall–Kier alpha value is -1.20. The molecule has 1 aromatic carbocycles. The molecule has 1 aromatic rings. The van der Waals surface area contributed by atoms with E-state index in [1.54, 1.807) is 21.0 Å². The average molecular weight is 270 g/mol. The fourth-order valence-corrected chi connectivity index (χ4v) is 1.82. The normalized spacial score (nSPS) is 10.2. The number of thiocarbonyl (C=S) groups is 1. The summed E-state index contributed by atoms with van der Waals surface area (Å²) in [6, 6.07) is 3.65. The van der Waals surface area contributed by atoms with Gasteiger partial charge in [0.15, 0.2) is 5.11 Å². The predicted octanol–water partition coefficient (Wildman–Crippen LogP) is 2.05. The second-order valence-electron chi connectivity index (χ2n) is 4.15. The number of aryl methyl sites for hydroxylation is 2. The number of halogens is 1. The van der Waals surface area contributed by atoms with Gasteiger partial charge in [-0.15, -0.1) is 0 Å². The minimum absolute atomic E-state index is 0.139. The Morgan fingerprint density at radius 2 is 1.89 bits per heavy atom. The van der Waals surface area contributed by atoms with Gasteiger partial charge < -0.3 is 15.4 Å². The van der Waals surface area contributed by atoms with Gasteiger partial charge in [0.1, 0.15) is 5.82 Å². The van der Waals surface area contributed by atoms with Crippen LogP contribution in [0.15, 0.2) is 12.1 Å². The summed E-state index contributed by atoms with van der Waals surface area (Å²) in [6.07, 6.45) is 0. The largest absolute Gasteiger partial charge is 0.383 e. The SMILES string of the molecule is COCCNC(=S)NCc1cc(C)c(F)c(C)c1. The lowest BCUT2D eigenvalue weighted by atomic mass is 10.1. The highest BCUT2D eigenvalue weighted by atomic mass is 32.1. The highest BCUT2D eigenvalue weighted by Gasteiger charge is 2.04. The summed E-state index contributed by atoms with van der Waals surface area (Å²) < 4.78 is 18.4. The van der Waals surface area contributed by atoms with Crippen LogP contribution in [0.2, 0.25) is 0 Å². The first-order valence-electron chi connectivity index (χ1n) is 5.81. The monoisotopic (exact) mass is 270 g/mol. The second-order valence-corrected chi connectivity index (χ2v) is 4.55. The molecule has 100 valence electrons. The lowest BCUT2D eigenvalue weighted by Gasteiger charge is -2.11. The van der Waals surface area contributed by atoms with Crippen molar-refractivity contribution in [2.45, 2.75) is 20.4 Å². The third-order valence-corrected chi connectivity index (χ3v) is 2.83. The number of ether oxygens (including phenoxy) is 1. The molecule has 0 aliphatic heterocycles. The van der Waals surface area contributed by atoms with E-state index in [9.17, 15) is 4.39 Å². The molecule has 3 nitrogen and oxygen atoms in total. The summed E-state index contributed by atoms with van der Waals surface area (Å²) in [7, 11) is 1.64. The zero-order valence-electron chi connectivity index (χ0n) is 11.0. The second kappa shape index (κ2) is 7.28. The molecule has 0 saturated heterocycles. The first-order chi connectivity index (χ1) is 8.54. The molecule has 18 heavy (non-hydrogen) atoms. The molecule has 1 rings (SSSR count). The Bertz CT molecular complexity index is 400. The molecule has 0 aliphatic carbocycles. The van der Waals surface area contributed by atoms with E-state index in [1.165, 1.54) is 0 Å². The van der Waals surface area contributed by atoms with Gasteiger partial charge in [-0.3, -0.25) is 0 Å². The first-order valence-corrected chi connectivity index (χ1v) is 6.21. The van der Waals surface area contributed by atoms with Gasteiger partial charge in [0.05, 0.1) is 6.61 Å². The number of rotatable bonds is 5. The van der Waals surface area contributed by atoms with Crippen molar-refractivity contribution in [3.05, 3.63) is 34.6 Å². The van der Waals surface area contributed by atoms with Gasteiger partial charge >= 0.3 is 0 Å². The molecule has 0 aromatic heterocycles. The summed E-state index contributed by atoms with van der Waals surface area (Å²) in [5, 5.41) is 6.67. The average Bonchev–Trinajstić information content (AvgIpc) is 2.33. The van der Waals surface area contributed by atoms with Crippen molar-refractivity contribution in [1.29, 1.82) is 0 Å². The van der Waals surface area contributed by atoms with Crippen LogP contribution < -0.4 is 10.6 Å². The minimum atomic E-state index is -0.139. The molecule has 5 heteroatoms. The molecule has 0 saturated carbocycles. The smallest absolute Gasteiger partial charge is 0.166 e. The summed E-state index contributed by atoms with van der Waals surface area (Å²) in [6.45, 7) is 5.39. The molecular formula is C13H19FN2OS. The van der Waals surface area contributed by atoms with Gasteiger partial charge in [0.2, 0.25) is 0 Å². The third-order valence-electron chi connectivity index (χ3n) is 2.54. The van der Waals surface area contributed by atoms with E-state index in [-0.39, 0.29) is 5.82 Å². The van der Waals surface area contributed by atoms with Gasteiger partial charge in [-0.1, -0.05) is 12.1 Å². The van der Waals surface area contributed by atoms with Crippen LogP contribution in [0.3, 0.4) is 0 Å². The van der Waals surface area contributed by atoms with E-state index in [0.717, 1.165) is 5.56 Å². The van der Waals surface area contributed by atoms with Crippen LogP contribution >= 0.6 is 12.2 Å². The molecular weight excluding hydrogens is 251 g/mol. The number of hydrogen-bond acceptors (Lipinski definition) is 2. The Labute approximate surface area is 113 Å². The minimum Gasteiger partial charge on any atom is -0.383 e. The molecule has 0 aliphatic rings. The fraction of sp³-hybridized carbons (Fsp3) is 0.462. The van der Waals surface area contributed by atoms with Crippen molar-refractivity contribution < 1.29 is 9.13 Å². The molecule has 0 radical (unpaired) electrons. The predicted molar refractivity (Wildman–Crippen MR) is 75.2 cm³/mol. The van der Waals surface area contributed by atoms with Crippen molar-refractivity contribution in [2.75, 3.05) is 20.3 Å². The fourth-order valence-electron chi connectivity index (χ4n) is 1.65. The van der Waals surface area contributed by atoms with Crippen LogP contribution in [-0.2, 0) is 11.3 Å². The van der Waals surface area contributed by atoms with E-state index < -0.39 is 0 Å². The maximum absolute atomic E-state index is 13.4. The third kappa shape index (κ3) is 4.58. The van der Waals surface area contributed by atoms with Gasteiger partial charge in [0.25, 0.3) is 0 Å². The van der Waals surface area contributed by atoms with E-state index >= 15 is 0 Å². The molecule has 0 heterocycles. The topological polar surface area (TPSA) is 33.3 Å². The van der Waals surface area contributed by atoms with Crippen molar-refractivity contribution in [1.82, 2.24) is 10.6 Å². The Balaban J connectivity index is 2.46. The van der Waals surface area contributed by atoms with Crippen molar-refractivity contribution >= 4 is 17.3 Å². The van der Waals surface area contributed by atoms with Crippen molar-refractivity contribution in [3.63, 3.8) is 0 Å². The molecule has 0 atom stereocenters. The Kier molecular flexibility index (Phi) is 6.01. The van der Waals surface area contributed by atoms with E-state index in [1.807, 2.05) is 12.1 Å². The molecule has 0 amide bonds. The number of hydrogen-bond donors (Lipinski definition) is 2. The molecule has 2 N–H and O–H groups in total. The summed E-state index contributed by atoms with van der Waals surface area (Å²) in [4.78, 5) is 0. The van der Waals surface area contributed by atoms with Crippen LogP contribution in [0.1, 0.15) is 16.7 Å². The van der Waals surface area contributed by atoms with Crippen LogP contribution in [0.4, 0.5) is 4.39 Å². The highest BCUT2D eigenvalue weighted by molar-refractivity contribution is 7.80. The van der Waals surface area contributed by atoms with Gasteiger partial charge in [-0.2, -0.15) is 0 Å². The number of benzene rings is 1. The van der Waals surface area contributed by atoms with E-state index in [0.29, 0.717) is 35.9 Å². The van der Waals surface area contributed by atoms with Gasteiger partial charge in [-0.05, 0) is 42.8 Å². The quantitative estimate of drug-likeness (QED) is 0.634. The van der Waals surface area contributed by atoms with E-state index in [4.69, 9.17) is 17.0 Å². The zero-order valence-corrected chi connectivity index (χ0v) is 11.8. The van der Waals surface area contributed by atoms with Gasteiger partial charge in [0, 0.05) is 20.2 Å². The van der Waals surface area contributed by atoms with Crippen LogP contribution in [0.5, 0.6) is 0 Å². The maximum atomic E-state index is 13.4.